The van der Waals surface area contributed by atoms with E-state index in [0.717, 1.165) is 39.2 Å². The third-order valence-electron chi connectivity index (χ3n) is 7.35. The topological polar surface area (TPSA) is 38.0 Å². The molecule has 5 aromatic rings. The summed E-state index contributed by atoms with van der Waals surface area (Å²) in [6.45, 7) is 2.00. The van der Waals surface area contributed by atoms with Crippen LogP contribution in [0, 0.1) is 0 Å². The van der Waals surface area contributed by atoms with Crippen LogP contribution in [0.5, 0.6) is 0 Å². The van der Waals surface area contributed by atoms with Gasteiger partial charge in [0.2, 0.25) is 0 Å². The lowest BCUT2D eigenvalue weighted by Crippen LogP contribution is -2.21. The highest BCUT2D eigenvalue weighted by atomic mass is 14.9. The van der Waals surface area contributed by atoms with E-state index in [1.807, 2.05) is 25.2 Å². The van der Waals surface area contributed by atoms with Gasteiger partial charge in [-0.05, 0) is 99.1 Å². The number of allylic oxidation sites excluding steroid dienone is 5. The quantitative estimate of drug-likeness (QED) is 0.221. The van der Waals surface area contributed by atoms with Gasteiger partial charge in [-0.3, -0.25) is 0 Å². The number of rotatable bonds is 6. The van der Waals surface area contributed by atoms with Gasteiger partial charge in [-0.2, -0.15) is 0 Å². The van der Waals surface area contributed by atoms with E-state index in [4.69, 9.17) is 5.73 Å². The van der Waals surface area contributed by atoms with Gasteiger partial charge in [0, 0.05) is 11.4 Å². The second kappa shape index (κ2) is 11.3. The first-order chi connectivity index (χ1) is 19.7. The number of dihydropyridines is 1. The minimum atomic E-state index is 0.0418. The Kier molecular flexibility index (Phi) is 7.15. The zero-order chi connectivity index (χ0) is 27.3. The number of hydrogen-bond donors (Lipinski definition) is 2. The van der Waals surface area contributed by atoms with Crippen molar-refractivity contribution in [2.45, 2.75) is 13.0 Å². The maximum Gasteiger partial charge on any atom is 0.0707 e. The van der Waals surface area contributed by atoms with E-state index in [9.17, 15) is 0 Å². The number of benzene rings is 5. The highest BCUT2D eigenvalue weighted by Gasteiger charge is 2.19. The molecular weight excluding hydrogens is 484 g/mol. The molecule has 5 aromatic carbocycles. The molecule has 0 saturated carbocycles. The molecule has 1 aliphatic rings. The predicted octanol–water partition coefficient (Wildman–Crippen LogP) is 9.15. The molecular formula is C38H32N2. The molecule has 1 atom stereocenters. The number of fused-ring (bicyclic) bond motifs is 1. The van der Waals surface area contributed by atoms with E-state index in [-0.39, 0.29) is 6.04 Å². The Balaban J connectivity index is 1.53. The summed E-state index contributed by atoms with van der Waals surface area (Å²) in [7, 11) is 0. The van der Waals surface area contributed by atoms with Crippen LogP contribution in [0.1, 0.15) is 35.2 Å². The van der Waals surface area contributed by atoms with Crippen LogP contribution in [0.4, 0.5) is 0 Å². The van der Waals surface area contributed by atoms with Gasteiger partial charge < -0.3 is 11.1 Å². The van der Waals surface area contributed by atoms with E-state index in [0.29, 0.717) is 0 Å². The molecule has 0 aromatic heterocycles. The molecule has 1 aliphatic heterocycles. The first-order valence-electron chi connectivity index (χ1n) is 13.7. The normalized spacial score (nSPS) is 15.5. The molecule has 2 heteroatoms. The fourth-order valence-corrected chi connectivity index (χ4v) is 5.23. The van der Waals surface area contributed by atoms with Crippen molar-refractivity contribution in [2.24, 2.45) is 5.73 Å². The molecule has 0 aliphatic carbocycles. The molecule has 194 valence electrons. The van der Waals surface area contributed by atoms with Crippen LogP contribution in [-0.2, 0) is 0 Å². The van der Waals surface area contributed by atoms with Crippen LogP contribution in [-0.4, -0.2) is 0 Å². The second-order valence-electron chi connectivity index (χ2n) is 10.1. The largest absolute Gasteiger partial charge is 0.398 e. The zero-order valence-corrected chi connectivity index (χ0v) is 22.6. The van der Waals surface area contributed by atoms with Crippen molar-refractivity contribution in [3.63, 3.8) is 0 Å². The molecule has 0 fully saturated rings. The van der Waals surface area contributed by atoms with Crippen molar-refractivity contribution in [3.8, 4) is 11.1 Å². The SMILES string of the molecule is C/C=C\C=C(/N)c1cc(C2=CC(c3ccccc3)NC(c3ccccc3)=C2)cc(-c2ccc3ccccc3c2)c1. The molecule has 3 N–H and O–H groups in total. The van der Waals surface area contributed by atoms with Crippen molar-refractivity contribution < 1.29 is 0 Å². The molecule has 0 radical (unpaired) electrons. The van der Waals surface area contributed by atoms with E-state index < -0.39 is 0 Å². The third kappa shape index (κ3) is 5.39. The van der Waals surface area contributed by atoms with Gasteiger partial charge in [0.05, 0.1) is 6.04 Å². The number of nitrogens with two attached hydrogens (primary N) is 1. The lowest BCUT2D eigenvalue weighted by Gasteiger charge is -2.26. The predicted molar refractivity (Wildman–Crippen MR) is 171 cm³/mol. The molecule has 1 heterocycles. The molecule has 2 nitrogen and oxygen atoms in total. The van der Waals surface area contributed by atoms with Crippen LogP contribution < -0.4 is 11.1 Å². The van der Waals surface area contributed by atoms with Crippen molar-refractivity contribution in [1.29, 1.82) is 0 Å². The van der Waals surface area contributed by atoms with Gasteiger partial charge >= 0.3 is 0 Å². The molecule has 0 saturated heterocycles. The summed E-state index contributed by atoms with van der Waals surface area (Å²) in [6.07, 6.45) is 10.5. The third-order valence-corrected chi connectivity index (χ3v) is 7.35. The molecule has 0 bridgehead atoms. The highest BCUT2D eigenvalue weighted by molar-refractivity contribution is 5.91. The van der Waals surface area contributed by atoms with Crippen molar-refractivity contribution in [2.75, 3.05) is 0 Å². The van der Waals surface area contributed by atoms with Gasteiger partial charge in [-0.1, -0.05) is 109 Å². The summed E-state index contributed by atoms with van der Waals surface area (Å²) in [5.41, 5.74) is 16.4. The first-order valence-corrected chi connectivity index (χ1v) is 13.7. The van der Waals surface area contributed by atoms with Crippen molar-refractivity contribution in [1.82, 2.24) is 5.32 Å². The fraction of sp³-hybridized carbons (Fsp3) is 0.0526. The van der Waals surface area contributed by atoms with E-state index >= 15 is 0 Å². The average Bonchev–Trinajstić information content (AvgIpc) is 3.03. The maximum atomic E-state index is 6.62. The monoisotopic (exact) mass is 516 g/mol. The number of nitrogens with one attached hydrogen (secondary N) is 1. The standard InChI is InChI=1S/C38H32N2/c1-2-3-18-36(39)35-23-32(31-20-19-27-12-10-11-17-30(27)21-31)22-33(24-35)34-25-37(28-13-6-4-7-14-28)40-38(26-34)29-15-8-5-9-16-29/h2-26,37,40H,39H2,1H3/b3-2-,36-18-. The Hall–Kier alpha value is -5.08. The van der Waals surface area contributed by atoms with E-state index in [2.05, 4.69) is 139 Å². The summed E-state index contributed by atoms with van der Waals surface area (Å²) < 4.78 is 0. The highest BCUT2D eigenvalue weighted by Crippen LogP contribution is 2.35. The maximum absolute atomic E-state index is 6.62. The molecule has 0 amide bonds. The Morgan fingerprint density at radius 2 is 1.38 bits per heavy atom. The van der Waals surface area contributed by atoms with E-state index in [1.165, 1.54) is 21.9 Å². The van der Waals surface area contributed by atoms with Crippen LogP contribution in [0.3, 0.4) is 0 Å². The average molecular weight is 517 g/mol. The Labute approximate surface area is 236 Å². The lowest BCUT2D eigenvalue weighted by molar-refractivity contribution is 0.767. The van der Waals surface area contributed by atoms with Gasteiger partial charge in [-0.15, -0.1) is 0 Å². The van der Waals surface area contributed by atoms with Crippen LogP contribution in [0.25, 0.3) is 38.9 Å². The smallest absolute Gasteiger partial charge is 0.0707 e. The van der Waals surface area contributed by atoms with Crippen LogP contribution in [0.2, 0.25) is 0 Å². The minimum absolute atomic E-state index is 0.0418. The summed E-state index contributed by atoms with van der Waals surface area (Å²) >= 11 is 0. The van der Waals surface area contributed by atoms with Gasteiger partial charge in [0.25, 0.3) is 0 Å². The van der Waals surface area contributed by atoms with Crippen molar-refractivity contribution in [3.05, 3.63) is 174 Å². The zero-order valence-electron chi connectivity index (χ0n) is 22.6. The Bertz CT molecular complexity index is 1770. The lowest BCUT2D eigenvalue weighted by atomic mass is 9.90. The molecule has 40 heavy (non-hydrogen) atoms. The van der Waals surface area contributed by atoms with Crippen molar-refractivity contribution >= 4 is 27.7 Å². The van der Waals surface area contributed by atoms with Crippen LogP contribution in [0.15, 0.2) is 152 Å². The molecule has 0 spiro atoms. The molecule has 6 rings (SSSR count). The van der Waals surface area contributed by atoms with Gasteiger partial charge in [0.15, 0.2) is 0 Å². The fourth-order valence-electron chi connectivity index (χ4n) is 5.23. The second-order valence-corrected chi connectivity index (χ2v) is 10.1. The summed E-state index contributed by atoms with van der Waals surface area (Å²) in [4.78, 5) is 0. The Morgan fingerprint density at radius 3 is 2.15 bits per heavy atom. The van der Waals surface area contributed by atoms with E-state index in [1.54, 1.807) is 0 Å². The summed E-state index contributed by atoms with van der Waals surface area (Å²) in [5, 5.41) is 6.21. The number of hydrogen-bond acceptors (Lipinski definition) is 2. The van der Waals surface area contributed by atoms with Crippen LogP contribution >= 0.6 is 0 Å². The Morgan fingerprint density at radius 1 is 0.675 bits per heavy atom. The minimum Gasteiger partial charge on any atom is -0.398 e. The van der Waals surface area contributed by atoms with Gasteiger partial charge in [-0.25, -0.2) is 0 Å². The summed E-state index contributed by atoms with van der Waals surface area (Å²) in [6, 6.07) is 43.0. The van der Waals surface area contributed by atoms with Gasteiger partial charge in [0.1, 0.15) is 0 Å². The first kappa shape index (κ1) is 25.2. The summed E-state index contributed by atoms with van der Waals surface area (Å²) in [5.74, 6) is 0. The molecule has 1 unspecified atom stereocenters.